The third-order valence-electron chi connectivity index (χ3n) is 3.02. The number of hydrogen-bond acceptors (Lipinski definition) is 3. The number of aryl methyl sites for hydroxylation is 1. The van der Waals surface area contributed by atoms with Crippen molar-refractivity contribution < 1.29 is 9.90 Å². The lowest BCUT2D eigenvalue weighted by atomic mass is 10.00. The van der Waals surface area contributed by atoms with Crippen LogP contribution in [0.3, 0.4) is 0 Å². The monoisotopic (exact) mass is 275 g/mol. The van der Waals surface area contributed by atoms with Gasteiger partial charge < -0.3 is 5.11 Å². The van der Waals surface area contributed by atoms with E-state index in [-0.39, 0.29) is 0 Å². The Morgan fingerprint density at radius 2 is 1.95 bits per heavy atom. The van der Waals surface area contributed by atoms with E-state index in [2.05, 4.69) is 43.1 Å². The van der Waals surface area contributed by atoms with Crippen molar-refractivity contribution in [2.75, 3.05) is 0 Å². The summed E-state index contributed by atoms with van der Waals surface area (Å²) in [6.07, 6.45) is 0.574. The minimum absolute atomic E-state index is 0.352. The lowest BCUT2D eigenvalue weighted by Crippen LogP contribution is -2.00. The van der Waals surface area contributed by atoms with Crippen molar-refractivity contribution in [3.63, 3.8) is 0 Å². The van der Waals surface area contributed by atoms with E-state index >= 15 is 0 Å². The number of carboxylic acids is 1. The van der Waals surface area contributed by atoms with Crippen LogP contribution in [-0.2, 0) is 6.42 Å². The number of thiazole rings is 1. The average Bonchev–Trinajstić information content (AvgIpc) is 2.71. The van der Waals surface area contributed by atoms with Crippen molar-refractivity contribution in [1.82, 2.24) is 4.98 Å². The summed E-state index contributed by atoms with van der Waals surface area (Å²) in [6, 6.07) is 8.30. The number of aromatic carboxylic acids is 1. The summed E-state index contributed by atoms with van der Waals surface area (Å²) in [6.45, 7) is 6.14. The zero-order valence-corrected chi connectivity index (χ0v) is 12.1. The molecule has 0 aliphatic rings. The van der Waals surface area contributed by atoms with Gasteiger partial charge in [-0.3, -0.25) is 0 Å². The Bertz CT molecular complexity index is 585. The smallest absolute Gasteiger partial charge is 0.347 e. The van der Waals surface area contributed by atoms with Gasteiger partial charge in [-0.1, -0.05) is 38.1 Å². The second-order valence-electron chi connectivity index (χ2n) is 4.89. The number of nitrogens with zero attached hydrogens (tertiary/aromatic N) is 1. The molecule has 0 radical (unpaired) electrons. The first kappa shape index (κ1) is 13.7. The number of hydrogen-bond donors (Lipinski definition) is 1. The molecule has 0 saturated heterocycles. The normalized spacial score (nSPS) is 10.9. The molecule has 100 valence electrons. The highest BCUT2D eigenvalue weighted by molar-refractivity contribution is 7.13. The summed E-state index contributed by atoms with van der Waals surface area (Å²) < 4.78 is 0. The van der Waals surface area contributed by atoms with Gasteiger partial charge in [0.25, 0.3) is 0 Å². The highest BCUT2D eigenvalue weighted by Gasteiger charge is 2.15. The molecule has 0 spiro atoms. The fourth-order valence-corrected chi connectivity index (χ4v) is 2.75. The Balaban J connectivity index is 2.23. The zero-order valence-electron chi connectivity index (χ0n) is 11.3. The molecule has 0 unspecified atom stereocenters. The van der Waals surface area contributed by atoms with Crippen LogP contribution in [0.4, 0.5) is 0 Å². The molecule has 1 aromatic carbocycles. The summed E-state index contributed by atoms with van der Waals surface area (Å²) in [5.41, 5.74) is 3.04. The SMILES string of the molecule is Cc1nc(Cc2ccc(C(C)C)cc2)c(C(=O)O)s1. The average molecular weight is 275 g/mol. The molecule has 0 saturated carbocycles. The Kier molecular flexibility index (Phi) is 4.00. The van der Waals surface area contributed by atoms with E-state index in [1.165, 1.54) is 16.9 Å². The number of aromatic nitrogens is 1. The van der Waals surface area contributed by atoms with Gasteiger partial charge in [-0.05, 0) is 24.0 Å². The molecule has 2 rings (SSSR count). The summed E-state index contributed by atoms with van der Waals surface area (Å²) >= 11 is 1.24. The number of rotatable bonds is 4. The molecule has 3 nitrogen and oxygen atoms in total. The van der Waals surface area contributed by atoms with Crippen LogP contribution < -0.4 is 0 Å². The predicted molar refractivity (Wildman–Crippen MR) is 77.1 cm³/mol. The third kappa shape index (κ3) is 3.20. The molecule has 1 heterocycles. The largest absolute Gasteiger partial charge is 0.477 e. The van der Waals surface area contributed by atoms with Crippen molar-refractivity contribution in [3.8, 4) is 0 Å². The van der Waals surface area contributed by atoms with Crippen molar-refractivity contribution in [1.29, 1.82) is 0 Å². The van der Waals surface area contributed by atoms with Gasteiger partial charge >= 0.3 is 5.97 Å². The Morgan fingerprint density at radius 3 is 2.47 bits per heavy atom. The molecule has 0 fully saturated rings. The van der Waals surface area contributed by atoms with Crippen LogP contribution in [-0.4, -0.2) is 16.1 Å². The molecule has 0 amide bonds. The van der Waals surface area contributed by atoms with Crippen molar-refractivity contribution in [2.24, 2.45) is 0 Å². The van der Waals surface area contributed by atoms with E-state index in [0.29, 0.717) is 22.9 Å². The van der Waals surface area contributed by atoms with Crippen LogP contribution in [0.2, 0.25) is 0 Å². The molecule has 1 N–H and O–H groups in total. The van der Waals surface area contributed by atoms with Gasteiger partial charge in [0.2, 0.25) is 0 Å². The molecular weight excluding hydrogens is 258 g/mol. The molecule has 2 aromatic rings. The Labute approximate surface area is 116 Å². The van der Waals surface area contributed by atoms with E-state index in [0.717, 1.165) is 10.6 Å². The minimum atomic E-state index is -0.889. The Morgan fingerprint density at radius 1 is 1.32 bits per heavy atom. The van der Waals surface area contributed by atoms with Crippen LogP contribution in [0.5, 0.6) is 0 Å². The highest BCUT2D eigenvalue weighted by atomic mass is 32.1. The quantitative estimate of drug-likeness (QED) is 0.921. The molecular formula is C15H17NO2S. The predicted octanol–water partition coefficient (Wildman–Crippen LogP) is 3.86. The topological polar surface area (TPSA) is 50.2 Å². The molecule has 1 aromatic heterocycles. The van der Waals surface area contributed by atoms with E-state index < -0.39 is 5.97 Å². The lowest BCUT2D eigenvalue weighted by Gasteiger charge is -2.06. The second-order valence-corrected chi connectivity index (χ2v) is 6.09. The molecule has 0 bridgehead atoms. The molecule has 0 aliphatic carbocycles. The first-order valence-electron chi connectivity index (χ1n) is 6.26. The number of benzene rings is 1. The second kappa shape index (κ2) is 5.53. The third-order valence-corrected chi connectivity index (χ3v) is 4.02. The van der Waals surface area contributed by atoms with Gasteiger partial charge in [-0.15, -0.1) is 11.3 Å². The summed E-state index contributed by atoms with van der Waals surface area (Å²) in [7, 11) is 0. The van der Waals surface area contributed by atoms with Gasteiger partial charge in [0.05, 0.1) is 10.7 Å². The van der Waals surface area contributed by atoms with Gasteiger partial charge in [0.15, 0.2) is 0 Å². The first-order chi connectivity index (χ1) is 8.97. The maximum atomic E-state index is 11.1. The number of carbonyl (C=O) groups is 1. The van der Waals surface area contributed by atoms with Crippen LogP contribution in [0, 0.1) is 6.92 Å². The van der Waals surface area contributed by atoms with Gasteiger partial charge in [-0.25, -0.2) is 9.78 Å². The Hall–Kier alpha value is -1.68. The van der Waals surface area contributed by atoms with Crippen molar-refractivity contribution in [2.45, 2.75) is 33.1 Å². The minimum Gasteiger partial charge on any atom is -0.477 e. The molecule has 0 aliphatic heterocycles. The maximum absolute atomic E-state index is 11.1. The van der Waals surface area contributed by atoms with Gasteiger partial charge in [0, 0.05) is 6.42 Å². The van der Waals surface area contributed by atoms with E-state index in [9.17, 15) is 4.79 Å². The van der Waals surface area contributed by atoms with Crippen LogP contribution in [0.1, 0.15) is 51.3 Å². The summed E-state index contributed by atoms with van der Waals surface area (Å²) in [5.74, 6) is -0.385. The first-order valence-corrected chi connectivity index (χ1v) is 7.07. The van der Waals surface area contributed by atoms with E-state index in [1.807, 2.05) is 6.92 Å². The van der Waals surface area contributed by atoms with Crippen LogP contribution in [0.25, 0.3) is 0 Å². The number of carboxylic acid groups (broad SMARTS) is 1. The molecule has 0 atom stereocenters. The highest BCUT2D eigenvalue weighted by Crippen LogP contribution is 2.22. The fraction of sp³-hybridized carbons (Fsp3) is 0.333. The summed E-state index contributed by atoms with van der Waals surface area (Å²) in [4.78, 5) is 15.8. The molecule has 4 heteroatoms. The molecule has 19 heavy (non-hydrogen) atoms. The van der Waals surface area contributed by atoms with Crippen molar-refractivity contribution >= 4 is 17.3 Å². The zero-order chi connectivity index (χ0) is 14.0. The fourth-order valence-electron chi connectivity index (χ4n) is 1.97. The lowest BCUT2D eigenvalue weighted by molar-refractivity contribution is 0.0701. The van der Waals surface area contributed by atoms with E-state index in [4.69, 9.17) is 5.11 Å². The van der Waals surface area contributed by atoms with E-state index in [1.54, 1.807) is 0 Å². The summed E-state index contributed by atoms with van der Waals surface area (Å²) in [5, 5.41) is 9.94. The standard InChI is InChI=1S/C15H17NO2S/c1-9(2)12-6-4-11(5-7-12)8-13-14(15(17)18)19-10(3)16-13/h4-7,9H,8H2,1-3H3,(H,17,18). The van der Waals surface area contributed by atoms with Gasteiger partial charge in [0.1, 0.15) is 4.88 Å². The van der Waals surface area contributed by atoms with Gasteiger partial charge in [-0.2, -0.15) is 0 Å². The van der Waals surface area contributed by atoms with Crippen LogP contribution >= 0.6 is 11.3 Å². The van der Waals surface area contributed by atoms with Crippen LogP contribution in [0.15, 0.2) is 24.3 Å². The maximum Gasteiger partial charge on any atom is 0.347 e. The van der Waals surface area contributed by atoms with Crippen molar-refractivity contribution in [3.05, 3.63) is 51.0 Å².